The third kappa shape index (κ3) is 2.07. The standard InChI is InChI=1S/C11H13N5O2/c1-7-3-8(2)11(16(17)18)4-10(7)15-6-9(5-12)13-14-15/h3-4,6H,5,12H2,1-2H3. The molecule has 0 amide bonds. The van der Waals surface area contributed by atoms with E-state index in [1.807, 2.05) is 6.92 Å². The average molecular weight is 247 g/mol. The van der Waals surface area contributed by atoms with Crippen LogP contribution in [0, 0.1) is 24.0 Å². The van der Waals surface area contributed by atoms with E-state index >= 15 is 0 Å². The number of nitro groups is 1. The Morgan fingerprint density at radius 3 is 2.67 bits per heavy atom. The molecule has 0 fully saturated rings. The van der Waals surface area contributed by atoms with Crippen LogP contribution in [0.3, 0.4) is 0 Å². The number of nitrogens with two attached hydrogens (primary N) is 1. The molecule has 0 bridgehead atoms. The molecule has 1 aromatic heterocycles. The fourth-order valence-corrected chi connectivity index (χ4v) is 1.78. The summed E-state index contributed by atoms with van der Waals surface area (Å²) >= 11 is 0. The van der Waals surface area contributed by atoms with Crippen molar-refractivity contribution in [2.75, 3.05) is 0 Å². The van der Waals surface area contributed by atoms with E-state index < -0.39 is 4.92 Å². The van der Waals surface area contributed by atoms with Crippen molar-refractivity contribution in [3.63, 3.8) is 0 Å². The van der Waals surface area contributed by atoms with E-state index in [1.165, 1.54) is 10.7 Å². The van der Waals surface area contributed by atoms with Crippen molar-refractivity contribution in [1.82, 2.24) is 15.0 Å². The number of hydrogen-bond acceptors (Lipinski definition) is 5. The fourth-order valence-electron chi connectivity index (χ4n) is 1.78. The van der Waals surface area contributed by atoms with E-state index in [0.29, 0.717) is 16.9 Å². The number of nitrogens with zero attached hydrogens (tertiary/aromatic N) is 4. The lowest BCUT2D eigenvalue weighted by molar-refractivity contribution is -0.385. The Hall–Kier alpha value is -2.28. The average Bonchev–Trinajstić information content (AvgIpc) is 2.77. The topological polar surface area (TPSA) is 99.9 Å². The number of benzene rings is 1. The lowest BCUT2D eigenvalue weighted by atomic mass is 10.1. The molecule has 0 aliphatic carbocycles. The molecule has 0 saturated heterocycles. The fraction of sp³-hybridized carbons (Fsp3) is 0.273. The normalized spacial score (nSPS) is 10.6. The number of hydrogen-bond donors (Lipinski definition) is 1. The van der Waals surface area contributed by atoms with Gasteiger partial charge in [-0.2, -0.15) is 0 Å². The molecule has 0 atom stereocenters. The van der Waals surface area contributed by atoms with E-state index in [1.54, 1.807) is 19.2 Å². The first-order valence-electron chi connectivity index (χ1n) is 5.40. The van der Waals surface area contributed by atoms with Crippen LogP contribution in [0.4, 0.5) is 5.69 Å². The number of rotatable bonds is 3. The van der Waals surface area contributed by atoms with Crippen molar-refractivity contribution in [3.05, 3.63) is 45.3 Å². The predicted octanol–water partition coefficient (Wildman–Crippen LogP) is 1.25. The molecule has 7 heteroatoms. The largest absolute Gasteiger partial charge is 0.325 e. The van der Waals surface area contributed by atoms with Gasteiger partial charge >= 0.3 is 0 Å². The highest BCUT2D eigenvalue weighted by molar-refractivity contribution is 5.53. The van der Waals surface area contributed by atoms with Crippen molar-refractivity contribution in [1.29, 1.82) is 0 Å². The zero-order valence-corrected chi connectivity index (χ0v) is 10.1. The summed E-state index contributed by atoms with van der Waals surface area (Å²) in [5.74, 6) is 0. The molecule has 0 aliphatic rings. The van der Waals surface area contributed by atoms with Gasteiger partial charge in [0.2, 0.25) is 0 Å². The highest BCUT2D eigenvalue weighted by atomic mass is 16.6. The molecule has 2 aromatic rings. The van der Waals surface area contributed by atoms with Crippen LogP contribution in [-0.2, 0) is 6.54 Å². The van der Waals surface area contributed by atoms with E-state index in [0.717, 1.165) is 5.56 Å². The Morgan fingerprint density at radius 2 is 2.11 bits per heavy atom. The lowest BCUT2D eigenvalue weighted by Crippen LogP contribution is -2.01. The predicted molar refractivity (Wildman–Crippen MR) is 65.4 cm³/mol. The zero-order chi connectivity index (χ0) is 13.3. The molecule has 0 saturated carbocycles. The quantitative estimate of drug-likeness (QED) is 0.649. The van der Waals surface area contributed by atoms with Gasteiger partial charge in [-0.05, 0) is 25.5 Å². The van der Waals surface area contributed by atoms with Crippen LogP contribution in [0.5, 0.6) is 0 Å². The third-order valence-corrected chi connectivity index (χ3v) is 2.71. The van der Waals surface area contributed by atoms with Gasteiger partial charge in [0.1, 0.15) is 0 Å². The summed E-state index contributed by atoms with van der Waals surface area (Å²) in [6, 6.07) is 3.26. The summed E-state index contributed by atoms with van der Waals surface area (Å²) in [5.41, 5.74) is 8.32. The van der Waals surface area contributed by atoms with Crippen LogP contribution in [0.25, 0.3) is 5.69 Å². The maximum Gasteiger partial charge on any atom is 0.274 e. The van der Waals surface area contributed by atoms with Crippen LogP contribution >= 0.6 is 0 Å². The zero-order valence-electron chi connectivity index (χ0n) is 10.1. The van der Waals surface area contributed by atoms with Gasteiger partial charge in [-0.1, -0.05) is 5.21 Å². The number of aryl methyl sites for hydroxylation is 2. The summed E-state index contributed by atoms with van der Waals surface area (Å²) < 4.78 is 1.50. The lowest BCUT2D eigenvalue weighted by Gasteiger charge is -2.06. The molecule has 2 rings (SSSR count). The van der Waals surface area contributed by atoms with Crippen molar-refractivity contribution < 1.29 is 4.92 Å². The number of aromatic nitrogens is 3. The second-order valence-corrected chi connectivity index (χ2v) is 4.04. The van der Waals surface area contributed by atoms with Gasteiger partial charge in [0.25, 0.3) is 5.69 Å². The molecule has 94 valence electrons. The van der Waals surface area contributed by atoms with E-state index in [-0.39, 0.29) is 12.2 Å². The highest BCUT2D eigenvalue weighted by Gasteiger charge is 2.15. The first-order valence-corrected chi connectivity index (χ1v) is 5.40. The minimum Gasteiger partial charge on any atom is -0.325 e. The molecule has 7 nitrogen and oxygen atoms in total. The first-order chi connectivity index (χ1) is 8.52. The summed E-state index contributed by atoms with van der Waals surface area (Å²) in [7, 11) is 0. The van der Waals surface area contributed by atoms with E-state index in [4.69, 9.17) is 5.73 Å². The Morgan fingerprint density at radius 1 is 1.39 bits per heavy atom. The van der Waals surface area contributed by atoms with Crippen molar-refractivity contribution in [3.8, 4) is 5.69 Å². The van der Waals surface area contributed by atoms with Gasteiger partial charge in [0, 0.05) is 18.2 Å². The Bertz CT molecular complexity index is 605. The maximum absolute atomic E-state index is 10.9. The Labute approximate surface area is 103 Å². The van der Waals surface area contributed by atoms with Crippen LogP contribution in [-0.4, -0.2) is 19.9 Å². The van der Waals surface area contributed by atoms with Crippen LogP contribution in [0.15, 0.2) is 18.3 Å². The second kappa shape index (κ2) is 4.53. The molecular formula is C11H13N5O2. The van der Waals surface area contributed by atoms with Crippen molar-refractivity contribution in [2.45, 2.75) is 20.4 Å². The van der Waals surface area contributed by atoms with E-state index in [9.17, 15) is 10.1 Å². The van der Waals surface area contributed by atoms with Crippen molar-refractivity contribution >= 4 is 5.69 Å². The summed E-state index contributed by atoms with van der Waals surface area (Å²) in [6.45, 7) is 3.87. The molecule has 0 spiro atoms. The summed E-state index contributed by atoms with van der Waals surface area (Å²) in [5, 5.41) is 18.7. The first kappa shape index (κ1) is 12.2. The maximum atomic E-state index is 10.9. The molecule has 1 aromatic carbocycles. The molecule has 1 heterocycles. The molecule has 18 heavy (non-hydrogen) atoms. The van der Waals surface area contributed by atoms with Gasteiger partial charge in [-0.3, -0.25) is 10.1 Å². The van der Waals surface area contributed by atoms with Gasteiger partial charge < -0.3 is 5.73 Å². The Balaban J connectivity index is 2.56. The monoisotopic (exact) mass is 247 g/mol. The molecule has 0 unspecified atom stereocenters. The molecule has 2 N–H and O–H groups in total. The minimum absolute atomic E-state index is 0.0698. The molecule has 0 radical (unpaired) electrons. The van der Waals surface area contributed by atoms with Crippen LogP contribution < -0.4 is 5.73 Å². The third-order valence-electron chi connectivity index (χ3n) is 2.71. The number of nitro benzene ring substituents is 1. The van der Waals surface area contributed by atoms with Gasteiger partial charge in [-0.15, -0.1) is 5.10 Å². The highest BCUT2D eigenvalue weighted by Crippen LogP contribution is 2.24. The molecule has 0 aliphatic heterocycles. The smallest absolute Gasteiger partial charge is 0.274 e. The summed E-state index contributed by atoms with van der Waals surface area (Å²) in [6.07, 6.45) is 1.67. The minimum atomic E-state index is -0.404. The van der Waals surface area contributed by atoms with Crippen molar-refractivity contribution in [2.24, 2.45) is 5.73 Å². The summed E-state index contributed by atoms with van der Waals surface area (Å²) in [4.78, 5) is 10.5. The Kier molecular flexibility index (Phi) is 3.07. The SMILES string of the molecule is Cc1cc(C)c([N+](=O)[O-])cc1-n1cc(CN)nn1. The van der Waals surface area contributed by atoms with E-state index in [2.05, 4.69) is 10.3 Å². The van der Waals surface area contributed by atoms with Crippen LogP contribution in [0.2, 0.25) is 0 Å². The van der Waals surface area contributed by atoms with Gasteiger partial charge in [-0.25, -0.2) is 4.68 Å². The van der Waals surface area contributed by atoms with Crippen LogP contribution in [0.1, 0.15) is 16.8 Å². The van der Waals surface area contributed by atoms with Gasteiger partial charge in [0.15, 0.2) is 0 Å². The molecular weight excluding hydrogens is 234 g/mol. The second-order valence-electron chi connectivity index (χ2n) is 4.04. The van der Waals surface area contributed by atoms with Gasteiger partial charge in [0.05, 0.1) is 22.5 Å².